The van der Waals surface area contributed by atoms with Gasteiger partial charge in [-0.05, 0) is 43.0 Å². The Bertz CT molecular complexity index is 831. The Balaban J connectivity index is 1.86. The van der Waals surface area contributed by atoms with Crippen LogP contribution in [0.3, 0.4) is 0 Å². The lowest BCUT2D eigenvalue weighted by Gasteiger charge is -2.30. The highest BCUT2D eigenvalue weighted by atomic mass is 16.6. The second-order valence-electron chi connectivity index (χ2n) is 6.70. The highest BCUT2D eigenvalue weighted by Gasteiger charge is 2.29. The van der Waals surface area contributed by atoms with Crippen LogP contribution in [0.4, 0.5) is 28.7 Å². The lowest BCUT2D eigenvalue weighted by atomic mass is 9.99. The molecular formula is C18H22N6O3. The van der Waals surface area contributed by atoms with Crippen molar-refractivity contribution in [3.63, 3.8) is 0 Å². The third-order valence-corrected chi connectivity index (χ3v) is 4.54. The summed E-state index contributed by atoms with van der Waals surface area (Å²) in [5.74, 6) is 0.944. The van der Waals surface area contributed by atoms with Crippen molar-refractivity contribution in [1.29, 1.82) is 0 Å². The Kier molecular flexibility index (Phi) is 5.49. The third kappa shape index (κ3) is 4.49. The van der Waals surface area contributed by atoms with Gasteiger partial charge < -0.3 is 15.5 Å². The van der Waals surface area contributed by atoms with Crippen molar-refractivity contribution in [2.75, 3.05) is 28.6 Å². The maximum atomic E-state index is 11.7. The van der Waals surface area contributed by atoms with E-state index < -0.39 is 4.92 Å². The van der Waals surface area contributed by atoms with E-state index in [-0.39, 0.29) is 17.4 Å². The topological polar surface area (TPSA) is 113 Å². The van der Waals surface area contributed by atoms with Gasteiger partial charge in [-0.1, -0.05) is 6.92 Å². The standard InChI is InChI=1S/C18H22N6O3/c1-12-7-9-23(10-8-12)18-16(24(26)27)17(19-11-20-18)22-15-5-3-14(4-6-15)21-13(2)25/h3-6,11-12H,7-10H2,1-2H3,(H,21,25)(H,19,20,22). The van der Waals surface area contributed by atoms with E-state index in [2.05, 4.69) is 27.5 Å². The SMILES string of the molecule is CC(=O)Nc1ccc(Nc2ncnc(N3CCC(C)CC3)c2[N+](=O)[O-])cc1. The molecule has 0 bridgehead atoms. The Morgan fingerprint density at radius 1 is 1.19 bits per heavy atom. The molecule has 2 N–H and O–H groups in total. The van der Waals surface area contributed by atoms with Gasteiger partial charge in [0.2, 0.25) is 17.5 Å². The number of rotatable bonds is 5. The van der Waals surface area contributed by atoms with Gasteiger partial charge in [0, 0.05) is 31.4 Å². The van der Waals surface area contributed by atoms with Gasteiger partial charge in [-0.25, -0.2) is 9.97 Å². The van der Waals surface area contributed by atoms with Gasteiger partial charge >= 0.3 is 5.69 Å². The van der Waals surface area contributed by atoms with Crippen molar-refractivity contribution in [2.24, 2.45) is 5.92 Å². The number of hydrogen-bond donors (Lipinski definition) is 2. The number of carbonyl (C=O) groups is 1. The summed E-state index contributed by atoms with van der Waals surface area (Å²) in [6.45, 7) is 5.09. The number of piperidine rings is 1. The summed E-state index contributed by atoms with van der Waals surface area (Å²) in [6.07, 6.45) is 3.30. The molecule has 27 heavy (non-hydrogen) atoms. The number of hydrogen-bond acceptors (Lipinski definition) is 7. The normalized spacial score (nSPS) is 14.7. The predicted molar refractivity (Wildman–Crippen MR) is 103 cm³/mol. The van der Waals surface area contributed by atoms with E-state index in [1.165, 1.54) is 13.3 Å². The second-order valence-corrected chi connectivity index (χ2v) is 6.70. The van der Waals surface area contributed by atoms with Gasteiger partial charge in [0.1, 0.15) is 6.33 Å². The fourth-order valence-electron chi connectivity index (χ4n) is 3.06. The van der Waals surface area contributed by atoms with Crippen molar-refractivity contribution < 1.29 is 9.72 Å². The summed E-state index contributed by atoms with van der Waals surface area (Å²) in [5.41, 5.74) is 1.15. The Labute approximate surface area is 157 Å². The van der Waals surface area contributed by atoms with Crippen molar-refractivity contribution in [3.05, 3.63) is 40.7 Å². The molecule has 2 heterocycles. The molecule has 1 fully saturated rings. The van der Waals surface area contributed by atoms with E-state index in [4.69, 9.17) is 0 Å². The summed E-state index contributed by atoms with van der Waals surface area (Å²) >= 11 is 0. The van der Waals surface area contributed by atoms with Crippen molar-refractivity contribution in [3.8, 4) is 0 Å². The molecule has 3 rings (SSSR count). The monoisotopic (exact) mass is 370 g/mol. The van der Waals surface area contributed by atoms with E-state index in [1.54, 1.807) is 24.3 Å². The molecule has 1 aliphatic rings. The van der Waals surface area contributed by atoms with Crippen LogP contribution in [-0.4, -0.2) is 33.9 Å². The zero-order valence-electron chi connectivity index (χ0n) is 15.3. The van der Waals surface area contributed by atoms with E-state index >= 15 is 0 Å². The van der Waals surface area contributed by atoms with E-state index in [0.717, 1.165) is 25.9 Å². The van der Waals surface area contributed by atoms with Crippen LogP contribution < -0.4 is 15.5 Å². The quantitative estimate of drug-likeness (QED) is 0.613. The minimum Gasteiger partial charge on any atom is -0.351 e. The number of anilines is 4. The van der Waals surface area contributed by atoms with Crippen LogP contribution in [0, 0.1) is 16.0 Å². The molecule has 0 unspecified atom stereocenters. The molecule has 0 atom stereocenters. The van der Waals surface area contributed by atoms with Crippen LogP contribution >= 0.6 is 0 Å². The molecule has 1 aliphatic heterocycles. The number of carbonyl (C=O) groups excluding carboxylic acids is 1. The molecular weight excluding hydrogens is 348 g/mol. The van der Waals surface area contributed by atoms with Crippen molar-refractivity contribution in [2.45, 2.75) is 26.7 Å². The maximum Gasteiger partial charge on any atom is 0.353 e. The van der Waals surface area contributed by atoms with Gasteiger partial charge in [-0.2, -0.15) is 0 Å². The summed E-state index contributed by atoms with van der Waals surface area (Å²) in [5, 5.41) is 17.4. The van der Waals surface area contributed by atoms with Crippen LogP contribution in [0.5, 0.6) is 0 Å². The smallest absolute Gasteiger partial charge is 0.351 e. The largest absolute Gasteiger partial charge is 0.353 e. The second kappa shape index (κ2) is 7.98. The molecule has 9 heteroatoms. The van der Waals surface area contributed by atoms with Crippen LogP contribution in [0.1, 0.15) is 26.7 Å². The van der Waals surface area contributed by atoms with Gasteiger partial charge in [-0.15, -0.1) is 0 Å². The van der Waals surface area contributed by atoms with Gasteiger partial charge in [0.15, 0.2) is 0 Å². The number of nitrogens with zero attached hydrogens (tertiary/aromatic N) is 4. The zero-order chi connectivity index (χ0) is 19.4. The number of nitro groups is 1. The lowest BCUT2D eigenvalue weighted by Crippen LogP contribution is -2.34. The molecule has 2 aromatic rings. The first kappa shape index (κ1) is 18.6. The minimum absolute atomic E-state index is 0.127. The van der Waals surface area contributed by atoms with Crippen molar-refractivity contribution >= 4 is 34.6 Å². The first-order valence-electron chi connectivity index (χ1n) is 8.83. The number of aromatic nitrogens is 2. The van der Waals surface area contributed by atoms with Gasteiger partial charge in [0.05, 0.1) is 4.92 Å². The van der Waals surface area contributed by atoms with Crippen molar-refractivity contribution in [1.82, 2.24) is 9.97 Å². The average molecular weight is 370 g/mol. The van der Waals surface area contributed by atoms with Crippen LogP contribution in [0.15, 0.2) is 30.6 Å². The summed E-state index contributed by atoms with van der Waals surface area (Å²) < 4.78 is 0. The highest BCUT2D eigenvalue weighted by molar-refractivity contribution is 5.89. The molecule has 1 saturated heterocycles. The molecule has 9 nitrogen and oxygen atoms in total. The fourth-order valence-corrected chi connectivity index (χ4v) is 3.06. The highest BCUT2D eigenvalue weighted by Crippen LogP contribution is 2.35. The molecule has 0 radical (unpaired) electrons. The molecule has 1 amide bonds. The maximum absolute atomic E-state index is 11.7. The summed E-state index contributed by atoms with van der Waals surface area (Å²) in [6, 6.07) is 6.87. The van der Waals surface area contributed by atoms with E-state index in [0.29, 0.717) is 23.1 Å². The lowest BCUT2D eigenvalue weighted by molar-refractivity contribution is -0.383. The Hall–Kier alpha value is -3.23. The first-order valence-corrected chi connectivity index (χ1v) is 8.83. The average Bonchev–Trinajstić information content (AvgIpc) is 2.63. The molecule has 1 aromatic heterocycles. The Morgan fingerprint density at radius 3 is 2.41 bits per heavy atom. The molecule has 1 aromatic carbocycles. The van der Waals surface area contributed by atoms with Gasteiger partial charge in [-0.3, -0.25) is 14.9 Å². The van der Waals surface area contributed by atoms with Crippen LogP contribution in [-0.2, 0) is 4.79 Å². The first-order chi connectivity index (χ1) is 12.9. The Morgan fingerprint density at radius 2 is 1.81 bits per heavy atom. The summed E-state index contributed by atoms with van der Waals surface area (Å²) in [7, 11) is 0. The minimum atomic E-state index is -0.443. The van der Waals surface area contributed by atoms with Crippen LogP contribution in [0.25, 0.3) is 0 Å². The fraction of sp³-hybridized carbons (Fsp3) is 0.389. The number of nitrogens with one attached hydrogen (secondary N) is 2. The molecule has 142 valence electrons. The summed E-state index contributed by atoms with van der Waals surface area (Å²) in [4.78, 5) is 32.6. The van der Waals surface area contributed by atoms with Crippen LogP contribution in [0.2, 0.25) is 0 Å². The molecule has 0 spiro atoms. The molecule has 0 aliphatic carbocycles. The van der Waals surface area contributed by atoms with E-state index in [1.807, 2.05) is 4.90 Å². The number of amides is 1. The third-order valence-electron chi connectivity index (χ3n) is 4.54. The zero-order valence-corrected chi connectivity index (χ0v) is 15.3. The van der Waals surface area contributed by atoms with Gasteiger partial charge in [0.25, 0.3) is 0 Å². The number of benzene rings is 1. The molecule has 0 saturated carbocycles. The predicted octanol–water partition coefficient (Wildman–Crippen LogP) is 3.32. The van der Waals surface area contributed by atoms with E-state index in [9.17, 15) is 14.9 Å².